The molecular weight excluding hydrogens is 497 g/mol. The van der Waals surface area contributed by atoms with Crippen LogP contribution in [0.3, 0.4) is 0 Å². The molecule has 0 aliphatic carbocycles. The highest BCUT2D eigenvalue weighted by Crippen LogP contribution is 2.36. The first-order valence-electron chi connectivity index (χ1n) is 11.0. The molecule has 8 nitrogen and oxygen atoms in total. The van der Waals surface area contributed by atoms with E-state index in [2.05, 4.69) is 10.6 Å². The Labute approximate surface area is 214 Å². The predicted molar refractivity (Wildman–Crippen MR) is 140 cm³/mol. The quantitative estimate of drug-likeness (QED) is 0.225. The van der Waals surface area contributed by atoms with Gasteiger partial charge in [-0.15, -0.1) is 0 Å². The smallest absolute Gasteiger partial charge is 0.255 e. The van der Waals surface area contributed by atoms with Gasteiger partial charge in [0.1, 0.15) is 11.6 Å². The van der Waals surface area contributed by atoms with Gasteiger partial charge in [0, 0.05) is 29.4 Å². The number of halogens is 1. The lowest BCUT2D eigenvalue weighted by Gasteiger charge is -2.27. The number of hydrogen-bond donors (Lipinski definition) is 3. The Kier molecular flexibility index (Phi) is 7.61. The zero-order valence-electron chi connectivity index (χ0n) is 19.5. The lowest BCUT2D eigenvalue weighted by atomic mass is 10.0. The number of benzene rings is 4. The van der Waals surface area contributed by atoms with Gasteiger partial charge in [0.15, 0.2) is 0 Å². The summed E-state index contributed by atoms with van der Waals surface area (Å²) in [6.07, 6.45) is 0. The van der Waals surface area contributed by atoms with Crippen molar-refractivity contribution in [3.8, 4) is 16.9 Å². The molecule has 0 spiro atoms. The summed E-state index contributed by atoms with van der Waals surface area (Å²) >= 11 is -2.86. The first kappa shape index (κ1) is 25.5. The minimum absolute atomic E-state index is 0.0879. The van der Waals surface area contributed by atoms with Crippen LogP contribution in [0, 0.1) is 5.82 Å². The predicted octanol–water partition coefficient (Wildman–Crippen LogP) is 5.34. The Morgan fingerprint density at radius 3 is 2.27 bits per heavy atom. The van der Waals surface area contributed by atoms with Crippen molar-refractivity contribution in [1.29, 1.82) is 0 Å². The summed E-state index contributed by atoms with van der Waals surface area (Å²) in [5, 5.41) is 15.8. The first-order valence-corrected chi connectivity index (χ1v) is 12.0. The molecule has 0 aliphatic rings. The van der Waals surface area contributed by atoms with E-state index in [9.17, 15) is 27.8 Å². The molecule has 0 aromatic heterocycles. The number of phenols is 1. The number of nitrogens with one attached hydrogen (secondary N) is 2. The SMILES string of the molecule is CC(=O)Nc1cc(C(=O)Nc2ccc(O)c(N(c3ccc(F)cc3)S(=O)[O-])c2)ccc1-c1ccccc1. The van der Waals surface area contributed by atoms with Crippen LogP contribution in [0.2, 0.25) is 0 Å². The van der Waals surface area contributed by atoms with E-state index in [0.29, 0.717) is 5.69 Å². The second-order valence-corrected chi connectivity index (χ2v) is 8.75. The van der Waals surface area contributed by atoms with E-state index in [-0.39, 0.29) is 34.3 Å². The van der Waals surface area contributed by atoms with Crippen molar-refractivity contribution in [3.63, 3.8) is 0 Å². The van der Waals surface area contributed by atoms with Gasteiger partial charge in [-0.2, -0.15) is 0 Å². The van der Waals surface area contributed by atoms with Crippen LogP contribution in [-0.2, 0) is 16.1 Å². The monoisotopic (exact) mass is 518 g/mol. The maximum absolute atomic E-state index is 13.3. The van der Waals surface area contributed by atoms with E-state index in [1.54, 1.807) is 12.1 Å². The van der Waals surface area contributed by atoms with Crippen LogP contribution in [0.5, 0.6) is 5.75 Å². The van der Waals surface area contributed by atoms with Crippen molar-refractivity contribution < 1.29 is 27.8 Å². The third-order valence-corrected chi connectivity index (χ3v) is 6.05. The molecule has 0 bridgehead atoms. The minimum Gasteiger partial charge on any atom is -0.755 e. The zero-order valence-corrected chi connectivity index (χ0v) is 20.3. The van der Waals surface area contributed by atoms with Crippen LogP contribution in [0.1, 0.15) is 17.3 Å². The van der Waals surface area contributed by atoms with Gasteiger partial charge in [0.25, 0.3) is 5.91 Å². The Bertz CT molecular complexity index is 1480. The van der Waals surface area contributed by atoms with Crippen molar-refractivity contribution in [3.05, 3.63) is 102 Å². The summed E-state index contributed by atoms with van der Waals surface area (Å²) in [5.74, 6) is -1.75. The molecule has 1 unspecified atom stereocenters. The molecule has 3 N–H and O–H groups in total. The van der Waals surface area contributed by atoms with E-state index >= 15 is 0 Å². The number of nitrogens with zero attached hydrogens (tertiary/aromatic N) is 1. The molecule has 0 heterocycles. The topological polar surface area (TPSA) is 122 Å². The number of hydrogen-bond acceptors (Lipinski definition) is 5. The lowest BCUT2D eigenvalue weighted by Crippen LogP contribution is -2.20. The summed E-state index contributed by atoms with van der Waals surface area (Å²) < 4.78 is 38.0. The summed E-state index contributed by atoms with van der Waals surface area (Å²) in [7, 11) is 0. The van der Waals surface area contributed by atoms with E-state index < -0.39 is 23.0 Å². The molecule has 37 heavy (non-hydrogen) atoms. The van der Waals surface area contributed by atoms with Gasteiger partial charge < -0.3 is 20.3 Å². The molecule has 4 aromatic carbocycles. The molecule has 0 radical (unpaired) electrons. The second kappa shape index (κ2) is 11.0. The third kappa shape index (κ3) is 6.00. The van der Waals surface area contributed by atoms with Crippen LogP contribution < -0.4 is 14.9 Å². The summed E-state index contributed by atoms with van der Waals surface area (Å²) in [6.45, 7) is 1.37. The standard InChI is InChI=1S/C27H22FN3O5S/c1-17(32)29-24-15-19(7-13-23(24)18-5-3-2-4-6-18)27(34)30-21-10-14-26(33)25(16-21)31(37(35)36)22-11-8-20(28)9-12-22/h2-16,33H,1H3,(H,29,32)(H,30,34)(H,35,36)/p-1. The number of carbonyl (C=O) groups excluding carboxylic acids is 2. The zero-order chi connectivity index (χ0) is 26.5. The molecule has 4 aromatic rings. The Balaban J connectivity index is 1.65. The van der Waals surface area contributed by atoms with Gasteiger partial charge in [-0.05, 0) is 60.2 Å². The van der Waals surface area contributed by atoms with Crippen LogP contribution in [-0.4, -0.2) is 25.7 Å². The van der Waals surface area contributed by atoms with Gasteiger partial charge in [-0.1, -0.05) is 36.4 Å². The van der Waals surface area contributed by atoms with Gasteiger partial charge in [-0.3, -0.25) is 18.1 Å². The lowest BCUT2D eigenvalue weighted by molar-refractivity contribution is -0.114. The number of carbonyl (C=O) groups is 2. The van der Waals surface area contributed by atoms with Crippen molar-refractivity contribution >= 4 is 45.8 Å². The minimum atomic E-state index is -2.86. The molecule has 0 saturated heterocycles. The van der Waals surface area contributed by atoms with Crippen LogP contribution in [0.15, 0.2) is 91.0 Å². The fourth-order valence-corrected chi connectivity index (χ4v) is 4.30. The number of amides is 2. The van der Waals surface area contributed by atoms with Gasteiger partial charge in [0.05, 0.1) is 22.6 Å². The van der Waals surface area contributed by atoms with Gasteiger partial charge >= 0.3 is 0 Å². The number of rotatable bonds is 7. The molecule has 0 fully saturated rings. The average Bonchev–Trinajstić information content (AvgIpc) is 2.87. The molecule has 0 aliphatic heterocycles. The highest BCUT2D eigenvalue weighted by Gasteiger charge is 2.17. The number of aromatic hydroxyl groups is 1. The first-order chi connectivity index (χ1) is 17.7. The Morgan fingerprint density at radius 2 is 1.62 bits per heavy atom. The molecule has 0 saturated carbocycles. The average molecular weight is 519 g/mol. The highest BCUT2D eigenvalue weighted by molar-refractivity contribution is 7.81. The summed E-state index contributed by atoms with van der Waals surface area (Å²) in [6, 6.07) is 22.8. The Hall–Kier alpha value is -4.54. The normalized spacial score (nSPS) is 11.4. The molecule has 1 atom stereocenters. The molecule has 188 valence electrons. The van der Waals surface area contributed by atoms with Crippen LogP contribution >= 0.6 is 0 Å². The van der Waals surface area contributed by atoms with Crippen molar-refractivity contribution in [2.75, 3.05) is 14.9 Å². The van der Waals surface area contributed by atoms with E-state index in [0.717, 1.165) is 27.6 Å². The highest BCUT2D eigenvalue weighted by atomic mass is 32.2. The fraction of sp³-hybridized carbons (Fsp3) is 0.0370. The van der Waals surface area contributed by atoms with Gasteiger partial charge in [0.2, 0.25) is 5.91 Å². The molecule has 2 amide bonds. The van der Waals surface area contributed by atoms with Gasteiger partial charge in [-0.25, -0.2) is 4.39 Å². The third-order valence-electron chi connectivity index (χ3n) is 5.34. The maximum Gasteiger partial charge on any atom is 0.255 e. The number of anilines is 4. The van der Waals surface area contributed by atoms with Crippen molar-refractivity contribution in [1.82, 2.24) is 0 Å². The molecule has 4 rings (SSSR count). The number of phenolic OH excluding ortho intramolecular Hbond substituents is 1. The summed E-state index contributed by atoms with van der Waals surface area (Å²) in [4.78, 5) is 24.8. The second-order valence-electron chi connectivity index (χ2n) is 7.95. The van der Waals surface area contributed by atoms with Crippen LogP contribution in [0.4, 0.5) is 27.1 Å². The Morgan fingerprint density at radius 1 is 0.919 bits per heavy atom. The van der Waals surface area contributed by atoms with E-state index in [1.807, 2.05) is 30.3 Å². The fourth-order valence-electron chi connectivity index (χ4n) is 3.70. The van der Waals surface area contributed by atoms with Crippen LogP contribution in [0.25, 0.3) is 11.1 Å². The summed E-state index contributed by atoms with van der Waals surface area (Å²) in [5.41, 5.74) is 2.41. The van der Waals surface area contributed by atoms with E-state index in [4.69, 9.17) is 0 Å². The van der Waals surface area contributed by atoms with Crippen molar-refractivity contribution in [2.24, 2.45) is 0 Å². The molecular formula is C27H21FN3O5S-. The maximum atomic E-state index is 13.3. The molecule has 10 heteroatoms. The van der Waals surface area contributed by atoms with Crippen molar-refractivity contribution in [2.45, 2.75) is 6.92 Å². The van der Waals surface area contributed by atoms with E-state index in [1.165, 1.54) is 43.3 Å². The largest absolute Gasteiger partial charge is 0.755 e.